The second kappa shape index (κ2) is 8.16. The van der Waals surface area contributed by atoms with Crippen LogP contribution < -0.4 is 0 Å². The van der Waals surface area contributed by atoms with Gasteiger partial charge in [-0.15, -0.1) is 0 Å². The van der Waals surface area contributed by atoms with E-state index in [1.807, 2.05) is 0 Å². The van der Waals surface area contributed by atoms with Crippen molar-refractivity contribution in [2.24, 2.45) is 0 Å². The third-order valence-electron chi connectivity index (χ3n) is 8.84. The standard InChI is InChI=1S/C39H28/c1-39(2)35-22-11-10-15-27(35)34-24-23-26-28(20-12-21-33(26)38(34)39)37-31-18-8-6-16-29(31)36(25-13-4-3-5-14-25)30-17-7-9-19-32(30)37/h3-24H,1-2H3. The molecule has 0 amide bonds. The molecule has 0 heterocycles. The Bertz CT molecular complexity index is 2020. The molecule has 0 aliphatic heterocycles. The predicted molar refractivity (Wildman–Crippen MR) is 167 cm³/mol. The van der Waals surface area contributed by atoms with Crippen LogP contribution >= 0.6 is 0 Å². The molecule has 0 fully saturated rings. The summed E-state index contributed by atoms with van der Waals surface area (Å²) in [5, 5.41) is 7.86. The van der Waals surface area contributed by atoms with E-state index < -0.39 is 0 Å². The van der Waals surface area contributed by atoms with E-state index in [0.29, 0.717) is 0 Å². The fraction of sp³-hybridized carbons (Fsp3) is 0.0769. The van der Waals surface area contributed by atoms with Gasteiger partial charge in [0.2, 0.25) is 0 Å². The minimum atomic E-state index is -0.0502. The molecular formula is C39H28. The molecule has 0 bridgehead atoms. The molecule has 39 heavy (non-hydrogen) atoms. The minimum Gasteiger partial charge on any atom is -0.0622 e. The van der Waals surface area contributed by atoms with Gasteiger partial charge in [0, 0.05) is 5.41 Å². The van der Waals surface area contributed by atoms with Gasteiger partial charge in [-0.1, -0.05) is 147 Å². The zero-order chi connectivity index (χ0) is 26.1. The van der Waals surface area contributed by atoms with E-state index >= 15 is 0 Å². The summed E-state index contributed by atoms with van der Waals surface area (Å²) in [6.45, 7) is 4.76. The van der Waals surface area contributed by atoms with Crippen molar-refractivity contribution in [2.75, 3.05) is 0 Å². The first-order valence-corrected chi connectivity index (χ1v) is 13.8. The molecule has 1 aliphatic rings. The van der Waals surface area contributed by atoms with Crippen LogP contribution in [0.1, 0.15) is 25.0 Å². The lowest BCUT2D eigenvalue weighted by atomic mass is 9.79. The summed E-state index contributed by atoms with van der Waals surface area (Å²) in [6.07, 6.45) is 0. The Morgan fingerprint density at radius 2 is 0.897 bits per heavy atom. The summed E-state index contributed by atoms with van der Waals surface area (Å²) in [7, 11) is 0. The average Bonchev–Trinajstić information content (AvgIpc) is 3.23. The Labute approximate surface area is 229 Å². The highest BCUT2D eigenvalue weighted by molar-refractivity contribution is 6.23. The van der Waals surface area contributed by atoms with Crippen molar-refractivity contribution >= 4 is 32.3 Å². The molecule has 0 unspecified atom stereocenters. The molecule has 8 rings (SSSR count). The number of hydrogen-bond acceptors (Lipinski definition) is 0. The smallest absolute Gasteiger partial charge is 0.0165 e. The van der Waals surface area contributed by atoms with Crippen LogP contribution in [0.3, 0.4) is 0 Å². The molecule has 0 saturated carbocycles. The minimum absolute atomic E-state index is 0.0502. The second-order valence-electron chi connectivity index (χ2n) is 11.3. The zero-order valence-corrected chi connectivity index (χ0v) is 22.2. The van der Waals surface area contributed by atoms with Crippen molar-refractivity contribution in [3.63, 3.8) is 0 Å². The van der Waals surface area contributed by atoms with Crippen molar-refractivity contribution in [3.05, 3.63) is 145 Å². The molecule has 0 spiro atoms. The molecule has 7 aromatic carbocycles. The lowest BCUT2D eigenvalue weighted by Gasteiger charge is -2.24. The lowest BCUT2D eigenvalue weighted by molar-refractivity contribution is 0.666. The van der Waals surface area contributed by atoms with E-state index in [-0.39, 0.29) is 5.41 Å². The molecule has 0 saturated heterocycles. The van der Waals surface area contributed by atoms with E-state index in [0.717, 1.165) is 0 Å². The van der Waals surface area contributed by atoms with Crippen molar-refractivity contribution in [2.45, 2.75) is 19.3 Å². The third kappa shape index (κ3) is 3.06. The van der Waals surface area contributed by atoms with Gasteiger partial charge >= 0.3 is 0 Å². The average molecular weight is 497 g/mol. The summed E-state index contributed by atoms with van der Waals surface area (Å²) >= 11 is 0. The monoisotopic (exact) mass is 496 g/mol. The lowest BCUT2D eigenvalue weighted by Crippen LogP contribution is -2.15. The first-order chi connectivity index (χ1) is 19.1. The number of rotatable bonds is 2. The summed E-state index contributed by atoms with van der Waals surface area (Å²) < 4.78 is 0. The molecule has 0 N–H and O–H groups in total. The Kier molecular flexibility index (Phi) is 4.67. The fourth-order valence-electron chi connectivity index (χ4n) is 7.21. The van der Waals surface area contributed by atoms with Crippen molar-refractivity contribution < 1.29 is 0 Å². The van der Waals surface area contributed by atoms with Crippen LogP contribution in [0, 0.1) is 0 Å². The van der Waals surface area contributed by atoms with Gasteiger partial charge < -0.3 is 0 Å². The van der Waals surface area contributed by atoms with E-state index in [2.05, 4.69) is 147 Å². The molecule has 1 aliphatic carbocycles. The molecular weight excluding hydrogens is 468 g/mol. The van der Waals surface area contributed by atoms with Gasteiger partial charge in [0.05, 0.1) is 0 Å². The molecule has 0 radical (unpaired) electrons. The normalized spacial score (nSPS) is 13.6. The van der Waals surface area contributed by atoms with Crippen LogP contribution in [-0.2, 0) is 5.41 Å². The van der Waals surface area contributed by atoms with E-state index in [9.17, 15) is 0 Å². The molecule has 0 heteroatoms. The first kappa shape index (κ1) is 22.3. The predicted octanol–water partition coefficient (Wildman–Crippen LogP) is 10.8. The van der Waals surface area contributed by atoms with Crippen LogP contribution in [0.25, 0.3) is 65.7 Å². The third-order valence-corrected chi connectivity index (χ3v) is 8.84. The Morgan fingerprint density at radius 3 is 1.59 bits per heavy atom. The van der Waals surface area contributed by atoms with Crippen molar-refractivity contribution in [3.8, 4) is 33.4 Å². The van der Waals surface area contributed by atoms with Crippen LogP contribution in [0.2, 0.25) is 0 Å². The van der Waals surface area contributed by atoms with Crippen LogP contribution in [-0.4, -0.2) is 0 Å². The van der Waals surface area contributed by atoms with E-state index in [1.54, 1.807) is 0 Å². The maximum Gasteiger partial charge on any atom is 0.0165 e. The van der Waals surface area contributed by atoms with Gasteiger partial charge in [0.15, 0.2) is 0 Å². The van der Waals surface area contributed by atoms with Crippen molar-refractivity contribution in [1.82, 2.24) is 0 Å². The summed E-state index contributed by atoms with van der Waals surface area (Å²) in [5.41, 5.74) is 10.7. The molecule has 7 aromatic rings. The number of benzene rings is 7. The second-order valence-corrected chi connectivity index (χ2v) is 11.3. The zero-order valence-electron chi connectivity index (χ0n) is 22.2. The van der Waals surface area contributed by atoms with E-state index in [4.69, 9.17) is 0 Å². The number of hydrogen-bond donors (Lipinski definition) is 0. The van der Waals surface area contributed by atoms with E-state index in [1.165, 1.54) is 76.8 Å². The molecule has 0 aromatic heterocycles. The fourth-order valence-corrected chi connectivity index (χ4v) is 7.21. The Balaban J connectivity index is 1.51. The highest BCUT2D eigenvalue weighted by Crippen LogP contribution is 2.53. The number of fused-ring (bicyclic) bond motifs is 7. The largest absolute Gasteiger partial charge is 0.0622 e. The summed E-state index contributed by atoms with van der Waals surface area (Å²) in [6, 6.07) is 49.2. The van der Waals surface area contributed by atoms with Crippen molar-refractivity contribution in [1.29, 1.82) is 0 Å². The van der Waals surface area contributed by atoms with Crippen LogP contribution in [0.15, 0.2) is 133 Å². The Morgan fingerprint density at radius 1 is 0.359 bits per heavy atom. The van der Waals surface area contributed by atoms with Crippen LogP contribution in [0.5, 0.6) is 0 Å². The molecule has 0 atom stereocenters. The van der Waals surface area contributed by atoms with Gasteiger partial charge in [-0.2, -0.15) is 0 Å². The molecule has 184 valence electrons. The van der Waals surface area contributed by atoms with Gasteiger partial charge in [-0.25, -0.2) is 0 Å². The summed E-state index contributed by atoms with van der Waals surface area (Å²) in [4.78, 5) is 0. The Hall–Kier alpha value is -4.68. The highest BCUT2D eigenvalue weighted by Gasteiger charge is 2.36. The molecule has 0 nitrogen and oxygen atoms in total. The van der Waals surface area contributed by atoms with Gasteiger partial charge in [0.25, 0.3) is 0 Å². The van der Waals surface area contributed by atoms with Gasteiger partial charge in [-0.3, -0.25) is 0 Å². The van der Waals surface area contributed by atoms with Gasteiger partial charge in [0.1, 0.15) is 0 Å². The SMILES string of the molecule is CC1(C)c2ccccc2-c2ccc3c(-c4c5ccccc5c(-c5ccccc5)c5ccccc45)cccc3c21. The van der Waals surface area contributed by atoms with Gasteiger partial charge in [-0.05, 0) is 76.8 Å². The highest BCUT2D eigenvalue weighted by atomic mass is 14.4. The maximum atomic E-state index is 2.38. The first-order valence-electron chi connectivity index (χ1n) is 13.8. The summed E-state index contributed by atoms with van der Waals surface area (Å²) in [5.74, 6) is 0. The van der Waals surface area contributed by atoms with Crippen LogP contribution in [0.4, 0.5) is 0 Å². The quantitative estimate of drug-likeness (QED) is 0.209. The topological polar surface area (TPSA) is 0 Å². The maximum absolute atomic E-state index is 2.38.